The van der Waals surface area contributed by atoms with E-state index in [1.165, 1.54) is 5.56 Å². The van der Waals surface area contributed by atoms with Crippen LogP contribution >= 0.6 is 12.4 Å². The number of rotatable bonds is 5. The fraction of sp³-hybridized carbons (Fsp3) is 0.474. The van der Waals surface area contributed by atoms with Gasteiger partial charge in [-0.2, -0.15) is 5.10 Å². The number of carbonyl (C=O) groups excluding carboxylic acids is 1. The van der Waals surface area contributed by atoms with Gasteiger partial charge in [0.2, 0.25) is 5.91 Å². The minimum atomic E-state index is -0.385. The topological polar surface area (TPSA) is 72.9 Å². The summed E-state index contributed by atoms with van der Waals surface area (Å²) in [6.45, 7) is 3.28. The number of aromatic nitrogens is 2. The first kappa shape index (κ1) is 19.5. The first-order chi connectivity index (χ1) is 11.5. The minimum absolute atomic E-state index is 0. The Hall–Kier alpha value is -1.85. The highest BCUT2D eigenvalue weighted by molar-refractivity contribution is 5.85. The summed E-state index contributed by atoms with van der Waals surface area (Å²) in [5, 5.41) is 7.29. The summed E-state index contributed by atoms with van der Waals surface area (Å²) in [4.78, 5) is 12.5. The maximum absolute atomic E-state index is 12.5. The fourth-order valence-corrected chi connectivity index (χ4v) is 3.52. The summed E-state index contributed by atoms with van der Waals surface area (Å²) >= 11 is 0. The molecular formula is C19H27ClN4O. The maximum Gasteiger partial charge on any atom is 0.225 e. The zero-order chi connectivity index (χ0) is 17.0. The molecule has 1 aliphatic carbocycles. The molecule has 0 saturated heterocycles. The molecule has 2 atom stereocenters. The van der Waals surface area contributed by atoms with E-state index in [2.05, 4.69) is 22.5 Å². The van der Waals surface area contributed by atoms with Gasteiger partial charge in [0.1, 0.15) is 0 Å². The highest BCUT2D eigenvalue weighted by atomic mass is 35.5. The van der Waals surface area contributed by atoms with Crippen molar-refractivity contribution in [2.45, 2.75) is 51.2 Å². The summed E-state index contributed by atoms with van der Waals surface area (Å²) < 4.78 is 1.89. The van der Waals surface area contributed by atoms with Gasteiger partial charge in [-0.25, -0.2) is 0 Å². The third-order valence-corrected chi connectivity index (χ3v) is 4.93. The zero-order valence-electron chi connectivity index (χ0n) is 14.6. The third-order valence-electron chi connectivity index (χ3n) is 4.93. The van der Waals surface area contributed by atoms with Gasteiger partial charge >= 0.3 is 0 Å². The number of nitrogens with zero attached hydrogens (tertiary/aromatic N) is 2. The Morgan fingerprint density at radius 2 is 2.16 bits per heavy atom. The summed E-state index contributed by atoms with van der Waals surface area (Å²) in [6, 6.07) is 10.2. The molecule has 1 aromatic carbocycles. The summed E-state index contributed by atoms with van der Waals surface area (Å²) in [5.74, 6) is -0.00399. The number of halogens is 1. The molecule has 1 aromatic heterocycles. The molecule has 1 fully saturated rings. The van der Waals surface area contributed by atoms with Crippen LogP contribution in [-0.2, 0) is 17.9 Å². The van der Waals surface area contributed by atoms with Crippen molar-refractivity contribution in [2.24, 2.45) is 11.7 Å². The second-order valence-electron chi connectivity index (χ2n) is 7.05. The van der Waals surface area contributed by atoms with Crippen LogP contribution in [0.3, 0.4) is 0 Å². The smallest absolute Gasteiger partial charge is 0.225 e. The van der Waals surface area contributed by atoms with Crippen LogP contribution in [0.4, 0.5) is 0 Å². The molecule has 3 rings (SSSR count). The molecule has 5 nitrogen and oxygen atoms in total. The Morgan fingerprint density at radius 3 is 2.88 bits per heavy atom. The molecule has 3 N–H and O–H groups in total. The summed E-state index contributed by atoms with van der Waals surface area (Å²) in [6.07, 6.45) is 7.73. The van der Waals surface area contributed by atoms with E-state index in [1.54, 1.807) is 6.20 Å². The van der Waals surface area contributed by atoms with Gasteiger partial charge in [0.25, 0.3) is 0 Å². The lowest BCUT2D eigenvalue weighted by atomic mass is 9.74. The van der Waals surface area contributed by atoms with Crippen molar-refractivity contribution in [3.05, 3.63) is 53.9 Å². The van der Waals surface area contributed by atoms with Crippen molar-refractivity contribution in [1.29, 1.82) is 0 Å². The Kier molecular flexibility index (Phi) is 6.62. The normalized spacial score (nSPS) is 22.9. The predicted molar refractivity (Wildman–Crippen MR) is 101 cm³/mol. The van der Waals surface area contributed by atoms with Crippen molar-refractivity contribution in [1.82, 2.24) is 15.1 Å². The number of amides is 1. The number of hydrogen-bond donors (Lipinski definition) is 2. The second-order valence-corrected chi connectivity index (χ2v) is 7.05. The molecule has 1 saturated carbocycles. The molecule has 136 valence electrons. The van der Waals surface area contributed by atoms with Crippen LogP contribution in [0.1, 0.15) is 43.7 Å². The minimum Gasteiger partial charge on any atom is -0.352 e. The fourth-order valence-electron chi connectivity index (χ4n) is 3.52. The lowest BCUT2D eigenvalue weighted by Crippen LogP contribution is -2.52. The van der Waals surface area contributed by atoms with E-state index in [4.69, 9.17) is 5.73 Å². The summed E-state index contributed by atoms with van der Waals surface area (Å²) in [7, 11) is 0. The maximum atomic E-state index is 12.5. The van der Waals surface area contributed by atoms with E-state index >= 15 is 0 Å². The molecule has 0 aliphatic heterocycles. The van der Waals surface area contributed by atoms with Crippen LogP contribution in [0.2, 0.25) is 0 Å². The van der Waals surface area contributed by atoms with E-state index in [1.807, 2.05) is 36.0 Å². The first-order valence-corrected chi connectivity index (χ1v) is 8.66. The number of nitrogens with two attached hydrogens (primary N) is 1. The van der Waals surface area contributed by atoms with E-state index in [9.17, 15) is 4.79 Å². The lowest BCUT2D eigenvalue weighted by Gasteiger charge is -2.37. The van der Waals surface area contributed by atoms with Gasteiger partial charge in [-0.1, -0.05) is 37.1 Å². The standard InChI is InChI=1S/C19H26N4O.ClH/c1-19(20)9-3-2-8-17(19)18(24)21-13-15-6-4-7-16(12-15)14-23-11-5-10-22-23;/h4-7,10-12,17H,2-3,8-9,13-14,20H2,1H3,(H,21,24);1H. The van der Waals surface area contributed by atoms with Gasteiger partial charge in [-0.05, 0) is 37.0 Å². The highest BCUT2D eigenvalue weighted by Crippen LogP contribution is 2.31. The van der Waals surface area contributed by atoms with E-state index in [0.29, 0.717) is 6.54 Å². The molecule has 1 heterocycles. The number of carbonyl (C=O) groups is 1. The average molecular weight is 363 g/mol. The number of benzene rings is 1. The lowest BCUT2D eigenvalue weighted by molar-refractivity contribution is -0.128. The molecule has 6 heteroatoms. The van der Waals surface area contributed by atoms with Crippen LogP contribution in [0.15, 0.2) is 42.7 Å². The van der Waals surface area contributed by atoms with Gasteiger partial charge < -0.3 is 11.1 Å². The van der Waals surface area contributed by atoms with Crippen molar-refractivity contribution < 1.29 is 4.79 Å². The molecule has 2 unspecified atom stereocenters. The Morgan fingerprint density at radius 1 is 1.36 bits per heavy atom. The molecule has 0 spiro atoms. The van der Waals surface area contributed by atoms with Crippen LogP contribution in [0.25, 0.3) is 0 Å². The van der Waals surface area contributed by atoms with Gasteiger partial charge in [0, 0.05) is 24.5 Å². The van der Waals surface area contributed by atoms with Crippen molar-refractivity contribution >= 4 is 18.3 Å². The molecule has 0 radical (unpaired) electrons. The number of nitrogens with one attached hydrogen (secondary N) is 1. The molecule has 2 aromatic rings. The van der Waals surface area contributed by atoms with Gasteiger partial charge in [-0.15, -0.1) is 12.4 Å². The van der Waals surface area contributed by atoms with Crippen LogP contribution < -0.4 is 11.1 Å². The van der Waals surface area contributed by atoms with E-state index in [-0.39, 0.29) is 29.8 Å². The highest BCUT2D eigenvalue weighted by Gasteiger charge is 2.37. The first-order valence-electron chi connectivity index (χ1n) is 8.66. The predicted octanol–water partition coefficient (Wildman–Crippen LogP) is 2.88. The Labute approximate surface area is 155 Å². The van der Waals surface area contributed by atoms with Crippen LogP contribution in [0.5, 0.6) is 0 Å². The van der Waals surface area contributed by atoms with Gasteiger partial charge in [0.05, 0.1) is 12.5 Å². The third kappa shape index (κ3) is 5.06. The van der Waals surface area contributed by atoms with Crippen LogP contribution in [0, 0.1) is 5.92 Å². The van der Waals surface area contributed by atoms with Gasteiger partial charge in [-0.3, -0.25) is 9.48 Å². The SMILES string of the molecule is CC1(N)CCCCC1C(=O)NCc1cccc(Cn2cccn2)c1.Cl. The number of hydrogen-bond acceptors (Lipinski definition) is 3. The second kappa shape index (κ2) is 8.50. The van der Waals surface area contributed by atoms with E-state index < -0.39 is 0 Å². The van der Waals surface area contributed by atoms with Crippen LogP contribution in [-0.4, -0.2) is 21.2 Å². The Balaban J connectivity index is 0.00000225. The Bertz CT molecular complexity index is 684. The average Bonchev–Trinajstić information content (AvgIpc) is 3.05. The molecule has 1 amide bonds. The van der Waals surface area contributed by atoms with Crippen molar-refractivity contribution in [3.63, 3.8) is 0 Å². The van der Waals surface area contributed by atoms with E-state index in [0.717, 1.165) is 37.8 Å². The van der Waals surface area contributed by atoms with Crippen molar-refractivity contribution in [3.8, 4) is 0 Å². The zero-order valence-corrected chi connectivity index (χ0v) is 15.5. The quantitative estimate of drug-likeness (QED) is 0.858. The largest absolute Gasteiger partial charge is 0.352 e. The summed E-state index contributed by atoms with van der Waals surface area (Å²) in [5.41, 5.74) is 8.21. The molecule has 0 bridgehead atoms. The molecule has 25 heavy (non-hydrogen) atoms. The molecular weight excluding hydrogens is 336 g/mol. The molecule has 1 aliphatic rings. The monoisotopic (exact) mass is 362 g/mol. The van der Waals surface area contributed by atoms with Crippen molar-refractivity contribution in [2.75, 3.05) is 0 Å². The van der Waals surface area contributed by atoms with Gasteiger partial charge in [0.15, 0.2) is 0 Å².